The van der Waals surface area contributed by atoms with Crippen LogP contribution in [0, 0.1) is 10.1 Å². The maximum absolute atomic E-state index is 11.9. The number of hydrogen-bond donors (Lipinski definition) is 0. The molecule has 0 spiro atoms. The number of ether oxygens (including phenoxy) is 1. The van der Waals surface area contributed by atoms with Gasteiger partial charge in [0.25, 0.3) is 5.69 Å². The standard InChI is InChI=1S/C13H8ClN3O4S/c14-10-6-9(1-2-11(10)17(19)20)21-12(18)5-8-7-16-3-4-22-13(16)15-8/h1-4,6-7H,5H2. The monoisotopic (exact) mass is 337 g/mol. The SMILES string of the molecule is O=C(Cc1cn2ccsc2n1)Oc1ccc([N+](=O)[O-])c(Cl)c1. The molecule has 3 aromatic rings. The Kier molecular flexibility index (Phi) is 3.78. The number of carbonyl (C=O) groups is 1. The number of esters is 1. The molecule has 0 radical (unpaired) electrons. The van der Waals surface area contributed by atoms with Crippen LogP contribution in [0.25, 0.3) is 4.96 Å². The lowest BCUT2D eigenvalue weighted by molar-refractivity contribution is -0.384. The van der Waals surface area contributed by atoms with E-state index in [1.165, 1.54) is 29.5 Å². The van der Waals surface area contributed by atoms with Gasteiger partial charge < -0.3 is 4.74 Å². The highest BCUT2D eigenvalue weighted by Gasteiger charge is 2.15. The molecule has 0 aliphatic rings. The molecule has 0 N–H and O–H groups in total. The van der Waals surface area contributed by atoms with Crippen molar-refractivity contribution in [3.05, 3.63) is 56.8 Å². The molecule has 0 saturated carbocycles. The molecule has 0 aliphatic carbocycles. The van der Waals surface area contributed by atoms with Gasteiger partial charge in [0.1, 0.15) is 10.8 Å². The second-order valence-electron chi connectivity index (χ2n) is 4.35. The molecule has 0 unspecified atom stereocenters. The molecule has 2 heterocycles. The average molecular weight is 338 g/mol. The van der Waals surface area contributed by atoms with Gasteiger partial charge in [-0.3, -0.25) is 19.3 Å². The van der Waals surface area contributed by atoms with E-state index in [-0.39, 0.29) is 22.9 Å². The van der Waals surface area contributed by atoms with Gasteiger partial charge in [0.2, 0.25) is 0 Å². The first-order valence-electron chi connectivity index (χ1n) is 6.08. The molecular weight excluding hydrogens is 330 g/mol. The van der Waals surface area contributed by atoms with Gasteiger partial charge in [-0.25, -0.2) is 4.98 Å². The molecule has 7 nitrogen and oxygen atoms in total. The maximum atomic E-state index is 11.9. The zero-order chi connectivity index (χ0) is 15.7. The molecule has 3 rings (SSSR count). The number of benzene rings is 1. The second-order valence-corrected chi connectivity index (χ2v) is 5.63. The summed E-state index contributed by atoms with van der Waals surface area (Å²) in [5.41, 5.74) is 0.348. The number of rotatable bonds is 4. The van der Waals surface area contributed by atoms with E-state index in [1.807, 2.05) is 16.0 Å². The van der Waals surface area contributed by atoms with Crippen LogP contribution in [0.4, 0.5) is 5.69 Å². The molecule has 0 saturated heterocycles. The van der Waals surface area contributed by atoms with Crippen molar-refractivity contribution >= 4 is 39.6 Å². The lowest BCUT2D eigenvalue weighted by atomic mass is 10.3. The molecule has 112 valence electrons. The number of thiazole rings is 1. The minimum absolute atomic E-state index is 0.00298. The Morgan fingerprint density at radius 2 is 2.32 bits per heavy atom. The van der Waals surface area contributed by atoms with Gasteiger partial charge in [0.05, 0.1) is 17.0 Å². The molecule has 0 atom stereocenters. The van der Waals surface area contributed by atoms with E-state index in [2.05, 4.69) is 4.98 Å². The molecule has 2 aromatic heterocycles. The predicted octanol–water partition coefficient (Wildman–Crippen LogP) is 3.11. The van der Waals surface area contributed by atoms with Gasteiger partial charge in [-0.2, -0.15) is 0 Å². The Balaban J connectivity index is 1.70. The third-order valence-electron chi connectivity index (χ3n) is 2.82. The van der Waals surface area contributed by atoms with Gasteiger partial charge in [0, 0.05) is 29.9 Å². The number of hydrogen-bond acceptors (Lipinski definition) is 6. The fourth-order valence-corrected chi connectivity index (χ4v) is 2.83. The lowest BCUT2D eigenvalue weighted by Crippen LogP contribution is -2.11. The quantitative estimate of drug-likeness (QED) is 0.316. The van der Waals surface area contributed by atoms with Gasteiger partial charge in [-0.1, -0.05) is 11.6 Å². The van der Waals surface area contributed by atoms with Crippen LogP contribution in [-0.2, 0) is 11.2 Å². The van der Waals surface area contributed by atoms with Crippen molar-refractivity contribution in [2.45, 2.75) is 6.42 Å². The van der Waals surface area contributed by atoms with Crippen molar-refractivity contribution in [3.63, 3.8) is 0 Å². The Bertz CT molecular complexity index is 845. The zero-order valence-electron chi connectivity index (χ0n) is 10.9. The number of fused-ring (bicyclic) bond motifs is 1. The van der Waals surface area contributed by atoms with Crippen LogP contribution in [0.15, 0.2) is 36.0 Å². The number of nitro benzene ring substituents is 1. The number of halogens is 1. The van der Waals surface area contributed by atoms with Crippen LogP contribution in [0.1, 0.15) is 5.69 Å². The van der Waals surface area contributed by atoms with Crippen molar-refractivity contribution in [1.82, 2.24) is 9.38 Å². The predicted molar refractivity (Wildman–Crippen MR) is 80.5 cm³/mol. The maximum Gasteiger partial charge on any atom is 0.317 e. The first-order valence-corrected chi connectivity index (χ1v) is 7.34. The van der Waals surface area contributed by atoms with Gasteiger partial charge in [0.15, 0.2) is 4.96 Å². The summed E-state index contributed by atoms with van der Waals surface area (Å²) in [5, 5.41) is 12.5. The summed E-state index contributed by atoms with van der Waals surface area (Å²) in [6.07, 6.45) is 3.59. The molecular formula is C13H8ClN3O4S. The zero-order valence-corrected chi connectivity index (χ0v) is 12.5. The second kappa shape index (κ2) is 5.74. The van der Waals surface area contributed by atoms with Crippen LogP contribution in [0.5, 0.6) is 5.75 Å². The van der Waals surface area contributed by atoms with E-state index < -0.39 is 10.9 Å². The lowest BCUT2D eigenvalue weighted by Gasteiger charge is -2.03. The third kappa shape index (κ3) is 2.92. The van der Waals surface area contributed by atoms with E-state index in [9.17, 15) is 14.9 Å². The first-order chi connectivity index (χ1) is 10.5. The van der Waals surface area contributed by atoms with Crippen molar-refractivity contribution in [2.24, 2.45) is 0 Å². The van der Waals surface area contributed by atoms with Crippen molar-refractivity contribution < 1.29 is 14.5 Å². The summed E-state index contributed by atoms with van der Waals surface area (Å²) >= 11 is 7.22. The smallest absolute Gasteiger partial charge is 0.317 e. The van der Waals surface area contributed by atoms with Crippen molar-refractivity contribution in [3.8, 4) is 5.75 Å². The molecule has 0 fully saturated rings. The number of imidazole rings is 1. The number of nitro groups is 1. The minimum atomic E-state index is -0.605. The fourth-order valence-electron chi connectivity index (χ4n) is 1.88. The van der Waals surface area contributed by atoms with E-state index in [1.54, 1.807) is 6.20 Å². The normalized spacial score (nSPS) is 10.8. The average Bonchev–Trinajstić information content (AvgIpc) is 2.98. The summed E-state index contributed by atoms with van der Waals surface area (Å²) < 4.78 is 6.93. The molecule has 1 aromatic carbocycles. The molecule has 0 bridgehead atoms. The molecule has 22 heavy (non-hydrogen) atoms. The van der Waals surface area contributed by atoms with Crippen LogP contribution < -0.4 is 4.74 Å². The van der Waals surface area contributed by atoms with E-state index in [0.717, 1.165) is 4.96 Å². The van der Waals surface area contributed by atoms with Crippen molar-refractivity contribution in [1.29, 1.82) is 0 Å². The van der Waals surface area contributed by atoms with Gasteiger partial charge in [-0.05, 0) is 6.07 Å². The summed E-state index contributed by atoms with van der Waals surface area (Å²) in [4.78, 5) is 27.0. The summed E-state index contributed by atoms with van der Waals surface area (Å²) in [6, 6.07) is 3.76. The van der Waals surface area contributed by atoms with Crippen molar-refractivity contribution in [2.75, 3.05) is 0 Å². The highest BCUT2D eigenvalue weighted by molar-refractivity contribution is 7.15. The summed E-state index contributed by atoms with van der Waals surface area (Å²) in [7, 11) is 0. The van der Waals surface area contributed by atoms with E-state index in [4.69, 9.17) is 16.3 Å². The summed E-state index contributed by atoms with van der Waals surface area (Å²) in [6.45, 7) is 0. The Hall–Kier alpha value is -2.45. The summed E-state index contributed by atoms with van der Waals surface area (Å²) in [5.74, 6) is -0.364. The fraction of sp³-hybridized carbons (Fsp3) is 0.0769. The largest absolute Gasteiger partial charge is 0.426 e. The molecule has 0 amide bonds. The highest BCUT2D eigenvalue weighted by atomic mass is 35.5. The number of aromatic nitrogens is 2. The van der Waals surface area contributed by atoms with Crippen LogP contribution in [0.3, 0.4) is 0 Å². The first kappa shape index (κ1) is 14.5. The van der Waals surface area contributed by atoms with Gasteiger partial charge >= 0.3 is 5.97 Å². The van der Waals surface area contributed by atoms with E-state index >= 15 is 0 Å². The van der Waals surface area contributed by atoms with E-state index in [0.29, 0.717) is 5.69 Å². The highest BCUT2D eigenvalue weighted by Crippen LogP contribution is 2.28. The Morgan fingerprint density at radius 3 is 3.00 bits per heavy atom. The molecule has 0 aliphatic heterocycles. The third-order valence-corrected chi connectivity index (χ3v) is 3.89. The Labute approximate surface area is 132 Å². The molecule has 9 heteroatoms. The number of carbonyl (C=O) groups excluding carboxylic acids is 1. The Morgan fingerprint density at radius 1 is 1.50 bits per heavy atom. The minimum Gasteiger partial charge on any atom is -0.426 e. The number of nitrogens with zero attached hydrogens (tertiary/aromatic N) is 3. The van der Waals surface area contributed by atoms with Crippen LogP contribution in [0.2, 0.25) is 5.02 Å². The van der Waals surface area contributed by atoms with Crippen LogP contribution in [-0.4, -0.2) is 20.3 Å². The van der Waals surface area contributed by atoms with Crippen LogP contribution >= 0.6 is 22.9 Å². The topological polar surface area (TPSA) is 86.7 Å². The van der Waals surface area contributed by atoms with Gasteiger partial charge in [-0.15, -0.1) is 11.3 Å².